The monoisotopic (exact) mass is 483 g/mol. The summed E-state index contributed by atoms with van der Waals surface area (Å²) in [6.45, 7) is 0.897. The van der Waals surface area contributed by atoms with Gasteiger partial charge < -0.3 is 25.1 Å². The Bertz CT molecular complexity index is 1260. The number of amides is 2. The minimum absolute atomic E-state index is 0.0415. The Kier molecular flexibility index (Phi) is 8.75. The second kappa shape index (κ2) is 12.8. The summed E-state index contributed by atoms with van der Waals surface area (Å²) in [6.07, 6.45) is 3.37. The first-order valence-corrected chi connectivity index (χ1v) is 11.9. The number of anilines is 2. The molecule has 184 valence electrons. The van der Waals surface area contributed by atoms with E-state index in [1.807, 2.05) is 42.5 Å². The van der Waals surface area contributed by atoms with E-state index < -0.39 is 0 Å². The highest BCUT2D eigenvalue weighted by molar-refractivity contribution is 5.96. The molecule has 4 aromatic rings. The lowest BCUT2D eigenvalue weighted by molar-refractivity contribution is -0.114. The third-order valence-corrected chi connectivity index (χ3v) is 5.45. The van der Waals surface area contributed by atoms with Gasteiger partial charge in [0.2, 0.25) is 5.91 Å². The van der Waals surface area contributed by atoms with E-state index in [9.17, 15) is 9.59 Å². The lowest BCUT2D eigenvalue weighted by atomic mass is 10.1. The summed E-state index contributed by atoms with van der Waals surface area (Å²) in [6, 6.07) is 28.2. The van der Waals surface area contributed by atoms with Gasteiger partial charge in [-0.15, -0.1) is 0 Å². The zero-order valence-corrected chi connectivity index (χ0v) is 19.9. The Morgan fingerprint density at radius 3 is 2.53 bits per heavy atom. The fourth-order valence-corrected chi connectivity index (χ4v) is 3.63. The molecule has 0 radical (unpaired) electrons. The first-order valence-electron chi connectivity index (χ1n) is 11.9. The smallest absolute Gasteiger partial charge is 0.251 e. The number of ether oxygens (including phenoxy) is 1. The van der Waals surface area contributed by atoms with Gasteiger partial charge in [-0.1, -0.05) is 48.5 Å². The molecule has 36 heavy (non-hydrogen) atoms. The Labute approximate surface area is 210 Å². The van der Waals surface area contributed by atoms with Crippen LogP contribution in [-0.2, 0) is 17.8 Å². The summed E-state index contributed by atoms with van der Waals surface area (Å²) in [7, 11) is 0. The normalized spacial score (nSPS) is 10.4. The third kappa shape index (κ3) is 7.50. The lowest BCUT2D eigenvalue weighted by Gasteiger charge is -2.13. The molecule has 0 atom stereocenters. The van der Waals surface area contributed by atoms with Crippen LogP contribution in [0.2, 0.25) is 0 Å². The van der Waals surface area contributed by atoms with Crippen molar-refractivity contribution in [2.24, 2.45) is 0 Å². The number of aryl methyl sites for hydroxylation is 1. The quantitative estimate of drug-likeness (QED) is 0.239. The van der Waals surface area contributed by atoms with Gasteiger partial charge >= 0.3 is 0 Å². The molecule has 1 heterocycles. The van der Waals surface area contributed by atoms with E-state index in [2.05, 4.69) is 28.1 Å². The molecule has 3 N–H and O–H groups in total. The van der Waals surface area contributed by atoms with Gasteiger partial charge in [0, 0.05) is 11.3 Å². The molecule has 0 unspecified atom stereocenters. The highest BCUT2D eigenvalue weighted by Crippen LogP contribution is 2.24. The van der Waals surface area contributed by atoms with Gasteiger partial charge in [0.1, 0.15) is 11.5 Å². The topological polar surface area (TPSA) is 92.6 Å². The maximum Gasteiger partial charge on any atom is 0.251 e. The van der Waals surface area contributed by atoms with E-state index in [1.54, 1.807) is 42.7 Å². The van der Waals surface area contributed by atoms with Crippen molar-refractivity contribution < 1.29 is 18.7 Å². The highest BCUT2D eigenvalue weighted by Gasteiger charge is 2.10. The first-order chi connectivity index (χ1) is 17.7. The standard InChI is InChI=1S/C29H29N3O4/c33-28(21-30-24-13-6-12-23(19-24)29(34)31-20-25-14-8-17-35-25)32-26-15-4-5-16-27(26)36-18-7-11-22-9-2-1-3-10-22/h1-6,8-10,12-17,19,30H,7,11,18,20-21H2,(H,31,34)(H,32,33). The van der Waals surface area contributed by atoms with Gasteiger partial charge in [-0.05, 0) is 60.9 Å². The second-order valence-electron chi connectivity index (χ2n) is 8.18. The number of nitrogens with one attached hydrogen (secondary N) is 3. The van der Waals surface area contributed by atoms with Crippen LogP contribution in [0, 0.1) is 0 Å². The third-order valence-electron chi connectivity index (χ3n) is 5.45. The van der Waals surface area contributed by atoms with Crippen LogP contribution in [-0.4, -0.2) is 25.0 Å². The number of carbonyl (C=O) groups is 2. The van der Waals surface area contributed by atoms with E-state index in [-0.39, 0.29) is 18.4 Å². The van der Waals surface area contributed by atoms with Crippen molar-refractivity contribution in [3.8, 4) is 5.75 Å². The van der Waals surface area contributed by atoms with E-state index >= 15 is 0 Å². The van der Waals surface area contributed by atoms with Crippen LogP contribution in [0.25, 0.3) is 0 Å². The SMILES string of the molecule is O=C(CNc1cccc(C(=O)NCc2ccco2)c1)Nc1ccccc1OCCCc1ccccc1. The molecule has 0 aliphatic heterocycles. The molecule has 7 nitrogen and oxygen atoms in total. The van der Waals surface area contributed by atoms with Crippen molar-refractivity contribution in [1.82, 2.24) is 5.32 Å². The molecule has 2 amide bonds. The summed E-state index contributed by atoms with van der Waals surface area (Å²) in [5, 5.41) is 8.77. The lowest BCUT2D eigenvalue weighted by Crippen LogP contribution is -2.24. The van der Waals surface area contributed by atoms with Crippen molar-refractivity contribution in [3.63, 3.8) is 0 Å². The predicted molar refractivity (Wildman–Crippen MR) is 140 cm³/mol. The number of rotatable bonds is 12. The number of carbonyl (C=O) groups excluding carboxylic acids is 2. The zero-order chi connectivity index (χ0) is 25.0. The van der Waals surface area contributed by atoms with Crippen LogP contribution < -0.4 is 20.7 Å². The molecule has 0 spiro atoms. The van der Waals surface area contributed by atoms with Gasteiger partial charge in [-0.2, -0.15) is 0 Å². The van der Waals surface area contributed by atoms with Gasteiger partial charge in [0.25, 0.3) is 5.91 Å². The molecular formula is C29H29N3O4. The molecule has 3 aromatic carbocycles. The number of hydrogen-bond acceptors (Lipinski definition) is 5. The van der Waals surface area contributed by atoms with Crippen LogP contribution in [0.3, 0.4) is 0 Å². The molecule has 0 aliphatic rings. The first kappa shape index (κ1) is 24.6. The molecule has 0 saturated carbocycles. The van der Waals surface area contributed by atoms with Crippen molar-refractivity contribution in [2.45, 2.75) is 19.4 Å². The average molecular weight is 484 g/mol. The Balaban J connectivity index is 1.24. The Morgan fingerprint density at radius 1 is 0.861 bits per heavy atom. The number of benzene rings is 3. The molecule has 0 fully saturated rings. The average Bonchev–Trinajstić information content (AvgIpc) is 3.44. The van der Waals surface area contributed by atoms with Crippen LogP contribution in [0.4, 0.5) is 11.4 Å². The molecule has 1 aromatic heterocycles. The fourth-order valence-electron chi connectivity index (χ4n) is 3.63. The van der Waals surface area contributed by atoms with Gasteiger partial charge in [-0.3, -0.25) is 9.59 Å². The van der Waals surface area contributed by atoms with Crippen molar-refractivity contribution >= 4 is 23.2 Å². The van der Waals surface area contributed by atoms with E-state index in [0.29, 0.717) is 41.6 Å². The predicted octanol–water partition coefficient (Wildman–Crippen LogP) is 5.27. The molecule has 0 saturated heterocycles. The summed E-state index contributed by atoms with van der Waals surface area (Å²) in [5.74, 6) is 0.866. The van der Waals surface area contributed by atoms with Crippen molar-refractivity contribution in [3.05, 3.63) is 114 Å². The highest BCUT2D eigenvalue weighted by atomic mass is 16.5. The summed E-state index contributed by atoms with van der Waals surface area (Å²) >= 11 is 0. The van der Waals surface area contributed by atoms with E-state index in [1.165, 1.54) is 5.56 Å². The van der Waals surface area contributed by atoms with Crippen molar-refractivity contribution in [2.75, 3.05) is 23.8 Å². The summed E-state index contributed by atoms with van der Waals surface area (Å²) < 4.78 is 11.2. The molecule has 0 bridgehead atoms. The van der Waals surface area contributed by atoms with Crippen LogP contribution in [0.5, 0.6) is 5.75 Å². The Hall–Kier alpha value is -4.52. The maximum atomic E-state index is 12.6. The molecular weight excluding hydrogens is 454 g/mol. The molecule has 4 rings (SSSR count). The minimum atomic E-state index is -0.224. The van der Waals surface area contributed by atoms with Crippen molar-refractivity contribution in [1.29, 1.82) is 0 Å². The second-order valence-corrected chi connectivity index (χ2v) is 8.18. The van der Waals surface area contributed by atoms with Gasteiger partial charge in [0.15, 0.2) is 0 Å². The zero-order valence-electron chi connectivity index (χ0n) is 19.9. The van der Waals surface area contributed by atoms with Gasteiger partial charge in [-0.25, -0.2) is 0 Å². The Morgan fingerprint density at radius 2 is 1.69 bits per heavy atom. The molecule has 0 aliphatic carbocycles. The fraction of sp³-hybridized carbons (Fsp3) is 0.172. The van der Waals surface area contributed by atoms with Crippen LogP contribution >= 0.6 is 0 Å². The number of para-hydroxylation sites is 2. The van der Waals surface area contributed by atoms with E-state index in [0.717, 1.165) is 12.8 Å². The number of hydrogen-bond donors (Lipinski definition) is 3. The number of furan rings is 1. The largest absolute Gasteiger partial charge is 0.491 e. The van der Waals surface area contributed by atoms with Crippen LogP contribution in [0.15, 0.2) is 102 Å². The minimum Gasteiger partial charge on any atom is -0.491 e. The summed E-state index contributed by atoms with van der Waals surface area (Å²) in [4.78, 5) is 25.0. The molecule has 7 heteroatoms. The van der Waals surface area contributed by atoms with E-state index in [4.69, 9.17) is 9.15 Å². The maximum absolute atomic E-state index is 12.6. The summed E-state index contributed by atoms with van der Waals surface area (Å²) in [5.41, 5.74) is 3.05. The van der Waals surface area contributed by atoms with Crippen LogP contribution in [0.1, 0.15) is 28.1 Å². The van der Waals surface area contributed by atoms with Gasteiger partial charge in [0.05, 0.1) is 31.6 Å².